The Labute approximate surface area is 230 Å². The highest BCUT2D eigenvalue weighted by Gasteiger charge is 2.34. The molecule has 0 bridgehead atoms. The predicted octanol–water partition coefficient (Wildman–Crippen LogP) is 3.70. The van der Waals surface area contributed by atoms with Crippen molar-refractivity contribution in [1.82, 2.24) is 4.57 Å². The van der Waals surface area contributed by atoms with E-state index in [2.05, 4.69) is 4.99 Å². The van der Waals surface area contributed by atoms with Gasteiger partial charge in [0.25, 0.3) is 11.2 Å². The summed E-state index contributed by atoms with van der Waals surface area (Å²) in [6.45, 7) is 3.65. The van der Waals surface area contributed by atoms with Crippen LogP contribution in [-0.2, 0) is 9.53 Å². The Balaban J connectivity index is 1.48. The molecule has 2 aliphatic rings. The molecule has 12 heteroatoms. The molecule has 2 aromatic carbocycles. The highest BCUT2D eigenvalue weighted by atomic mass is 32.1. The van der Waals surface area contributed by atoms with Gasteiger partial charge in [-0.25, -0.2) is 9.79 Å². The van der Waals surface area contributed by atoms with Crippen LogP contribution in [0.15, 0.2) is 80.1 Å². The number of hydrogen-bond donors (Lipinski definition) is 0. The lowest BCUT2D eigenvalue weighted by molar-refractivity contribution is -0.384. The number of thiazole rings is 1. The van der Waals surface area contributed by atoms with Crippen LogP contribution in [0.1, 0.15) is 31.2 Å². The number of aromatic nitrogens is 1. The quantitative estimate of drug-likeness (QED) is 0.198. The summed E-state index contributed by atoms with van der Waals surface area (Å²) in [6.07, 6.45) is 1.56. The Morgan fingerprint density at radius 2 is 2.00 bits per heavy atom. The molecule has 0 amide bonds. The Morgan fingerprint density at radius 1 is 1.20 bits per heavy atom. The molecule has 202 valence electrons. The van der Waals surface area contributed by atoms with E-state index in [0.29, 0.717) is 49.2 Å². The van der Waals surface area contributed by atoms with Crippen LogP contribution in [-0.4, -0.2) is 28.9 Å². The number of furan rings is 1. The van der Waals surface area contributed by atoms with E-state index in [1.54, 1.807) is 68.5 Å². The molecule has 4 heterocycles. The first-order valence-corrected chi connectivity index (χ1v) is 13.1. The third-order valence-corrected chi connectivity index (χ3v) is 7.48. The summed E-state index contributed by atoms with van der Waals surface area (Å²) in [7, 11) is 0. The number of nitro benzene ring substituents is 1. The highest BCUT2D eigenvalue weighted by molar-refractivity contribution is 7.07. The van der Waals surface area contributed by atoms with Crippen LogP contribution >= 0.6 is 11.3 Å². The zero-order chi connectivity index (χ0) is 28.0. The molecule has 6 rings (SSSR count). The zero-order valence-electron chi connectivity index (χ0n) is 21.3. The van der Waals surface area contributed by atoms with Crippen LogP contribution in [0.3, 0.4) is 0 Å². The van der Waals surface area contributed by atoms with E-state index in [4.69, 9.17) is 18.6 Å². The second kappa shape index (κ2) is 9.97. The van der Waals surface area contributed by atoms with E-state index in [0.717, 1.165) is 11.3 Å². The standard InChI is InChI=1S/C28H21N3O8S/c1-3-36-27(33)24-15(2)29-28-30(25(24)16-8-10-21-22(12-16)38-14-37-21)26(32)23(40-28)13-17-9-11-20(39-17)18-6-4-5-7-19(18)31(34)35/h4-13,25H,3,14H2,1-2H3/b23-13-. The van der Waals surface area contributed by atoms with Crippen molar-refractivity contribution < 1.29 is 28.3 Å². The molecular formula is C28H21N3O8S. The van der Waals surface area contributed by atoms with Crippen molar-refractivity contribution >= 4 is 29.1 Å². The molecule has 40 heavy (non-hydrogen) atoms. The van der Waals surface area contributed by atoms with E-state index in [1.165, 1.54) is 10.6 Å². The number of allylic oxidation sites excluding steroid dienone is 1. The first-order valence-electron chi connectivity index (χ1n) is 12.3. The first kappa shape index (κ1) is 25.3. The molecule has 4 aromatic rings. The van der Waals surface area contributed by atoms with Gasteiger partial charge in [0.1, 0.15) is 11.5 Å². The Hall–Kier alpha value is -4.97. The maximum absolute atomic E-state index is 13.8. The van der Waals surface area contributed by atoms with Crippen LogP contribution in [0.2, 0.25) is 0 Å². The van der Waals surface area contributed by atoms with Gasteiger partial charge in [-0.1, -0.05) is 29.5 Å². The molecule has 2 aromatic heterocycles. The summed E-state index contributed by atoms with van der Waals surface area (Å²) >= 11 is 1.14. The minimum Gasteiger partial charge on any atom is -0.463 e. The fraction of sp³-hybridized carbons (Fsp3) is 0.179. The first-order chi connectivity index (χ1) is 19.4. The van der Waals surface area contributed by atoms with Crippen LogP contribution in [0, 0.1) is 10.1 Å². The number of nitrogens with zero attached hydrogens (tertiary/aromatic N) is 3. The molecule has 2 aliphatic heterocycles. The van der Waals surface area contributed by atoms with Gasteiger partial charge in [0.2, 0.25) is 6.79 Å². The number of carbonyl (C=O) groups is 1. The molecular weight excluding hydrogens is 538 g/mol. The molecule has 11 nitrogen and oxygen atoms in total. The Bertz CT molecular complexity index is 1900. The molecule has 0 saturated heterocycles. The zero-order valence-corrected chi connectivity index (χ0v) is 22.1. The van der Waals surface area contributed by atoms with Crippen molar-refractivity contribution in [3.8, 4) is 22.8 Å². The van der Waals surface area contributed by atoms with Gasteiger partial charge in [-0.3, -0.25) is 19.5 Å². The van der Waals surface area contributed by atoms with Crippen molar-refractivity contribution in [2.24, 2.45) is 4.99 Å². The number of ether oxygens (including phenoxy) is 3. The van der Waals surface area contributed by atoms with Crippen LogP contribution in [0.5, 0.6) is 11.5 Å². The number of para-hydroxylation sites is 1. The minimum absolute atomic E-state index is 0.0818. The summed E-state index contributed by atoms with van der Waals surface area (Å²) in [6, 6.07) is 13.9. The molecule has 0 N–H and O–H groups in total. The lowest BCUT2D eigenvalue weighted by Gasteiger charge is -2.24. The molecule has 1 unspecified atom stereocenters. The van der Waals surface area contributed by atoms with Crippen LogP contribution in [0.25, 0.3) is 17.4 Å². The SMILES string of the molecule is CCOC(=O)C1=C(C)N=c2s/c(=C\c3ccc(-c4ccccc4[N+](=O)[O-])o3)c(=O)n2C1c1ccc2c(c1)OCO2. The predicted molar refractivity (Wildman–Crippen MR) is 144 cm³/mol. The van der Waals surface area contributed by atoms with E-state index >= 15 is 0 Å². The van der Waals surface area contributed by atoms with Gasteiger partial charge in [-0.05, 0) is 49.7 Å². The molecule has 0 spiro atoms. The summed E-state index contributed by atoms with van der Waals surface area (Å²) < 4.78 is 23.9. The van der Waals surface area contributed by atoms with E-state index in [-0.39, 0.29) is 30.2 Å². The summed E-state index contributed by atoms with van der Waals surface area (Å²) in [5.41, 5.74) is 1.16. The molecule has 0 aliphatic carbocycles. The van der Waals surface area contributed by atoms with Crippen LogP contribution < -0.4 is 24.4 Å². The van der Waals surface area contributed by atoms with E-state index in [9.17, 15) is 19.7 Å². The van der Waals surface area contributed by atoms with Crippen molar-refractivity contribution in [1.29, 1.82) is 0 Å². The maximum Gasteiger partial charge on any atom is 0.338 e. The van der Waals surface area contributed by atoms with Crippen molar-refractivity contribution in [3.05, 3.63) is 107 Å². The second-order valence-electron chi connectivity index (χ2n) is 8.89. The smallest absolute Gasteiger partial charge is 0.338 e. The number of carbonyl (C=O) groups excluding carboxylic acids is 1. The molecule has 0 radical (unpaired) electrons. The number of nitro groups is 1. The van der Waals surface area contributed by atoms with Gasteiger partial charge in [0.05, 0.1) is 38.9 Å². The van der Waals surface area contributed by atoms with E-state index in [1.807, 2.05) is 0 Å². The van der Waals surface area contributed by atoms with Gasteiger partial charge in [-0.15, -0.1) is 0 Å². The molecule has 0 fully saturated rings. The lowest BCUT2D eigenvalue weighted by Crippen LogP contribution is -2.39. The topological polar surface area (TPSA) is 135 Å². The van der Waals surface area contributed by atoms with Crippen molar-refractivity contribution in [3.63, 3.8) is 0 Å². The van der Waals surface area contributed by atoms with Gasteiger partial charge in [0, 0.05) is 12.1 Å². The van der Waals surface area contributed by atoms with Gasteiger partial charge < -0.3 is 18.6 Å². The highest BCUT2D eigenvalue weighted by Crippen LogP contribution is 2.38. The van der Waals surface area contributed by atoms with Crippen LogP contribution in [0.4, 0.5) is 5.69 Å². The van der Waals surface area contributed by atoms with Gasteiger partial charge >= 0.3 is 5.97 Å². The van der Waals surface area contributed by atoms with Crippen molar-refractivity contribution in [2.75, 3.05) is 13.4 Å². The number of benzene rings is 2. The summed E-state index contributed by atoms with van der Waals surface area (Å²) in [5, 5.41) is 11.5. The fourth-order valence-corrected chi connectivity index (χ4v) is 5.76. The average molecular weight is 560 g/mol. The second-order valence-corrected chi connectivity index (χ2v) is 9.90. The monoisotopic (exact) mass is 559 g/mol. The molecule has 1 atom stereocenters. The number of rotatable bonds is 6. The largest absolute Gasteiger partial charge is 0.463 e. The third kappa shape index (κ3) is 4.28. The lowest BCUT2D eigenvalue weighted by atomic mass is 9.95. The number of hydrogen-bond acceptors (Lipinski definition) is 10. The Kier molecular flexibility index (Phi) is 6.31. The van der Waals surface area contributed by atoms with Gasteiger partial charge in [0.15, 0.2) is 16.3 Å². The summed E-state index contributed by atoms with van der Waals surface area (Å²) in [5.74, 6) is 1.14. The van der Waals surface area contributed by atoms with E-state index < -0.39 is 16.9 Å². The average Bonchev–Trinajstić information content (AvgIpc) is 3.67. The van der Waals surface area contributed by atoms with Gasteiger partial charge in [-0.2, -0.15) is 0 Å². The summed E-state index contributed by atoms with van der Waals surface area (Å²) in [4.78, 5) is 42.8. The molecule has 0 saturated carbocycles. The number of fused-ring (bicyclic) bond motifs is 2. The minimum atomic E-state index is -0.814. The maximum atomic E-state index is 13.8. The Morgan fingerprint density at radius 3 is 2.80 bits per heavy atom. The fourth-order valence-electron chi connectivity index (χ4n) is 4.74. The van der Waals surface area contributed by atoms with Crippen molar-refractivity contribution in [2.45, 2.75) is 19.9 Å². The number of esters is 1. The third-order valence-electron chi connectivity index (χ3n) is 6.50. The normalized spacial score (nSPS) is 16.1.